The van der Waals surface area contributed by atoms with Crippen LogP contribution in [-0.2, 0) is 21.2 Å². The van der Waals surface area contributed by atoms with Crippen molar-refractivity contribution >= 4 is 27.6 Å². The van der Waals surface area contributed by atoms with Gasteiger partial charge < -0.3 is 15.5 Å². The van der Waals surface area contributed by atoms with E-state index in [1.807, 2.05) is 43.0 Å². The standard InChI is InChI=1S/C20H31N5O3S/c1-3-19(26)24-12-10-17(15-24)23-20(21-4-2)22-11-14-29(27,28)25-13-9-16-7-5-6-8-18(16)25/h5-8,17H,3-4,9-15H2,1-2H3,(H2,21,22,23). The van der Waals surface area contributed by atoms with Crippen LogP contribution in [0.25, 0.3) is 0 Å². The molecule has 0 bridgehead atoms. The molecule has 2 N–H and O–H groups in total. The number of benzene rings is 1. The normalized spacial score (nSPS) is 19.4. The van der Waals surface area contributed by atoms with Gasteiger partial charge >= 0.3 is 0 Å². The molecule has 1 unspecified atom stereocenters. The van der Waals surface area contributed by atoms with Crippen molar-refractivity contribution in [3.63, 3.8) is 0 Å². The SMILES string of the molecule is CCNC(=NCCS(=O)(=O)N1CCc2ccccc21)NC1CCN(C(=O)CC)C1. The van der Waals surface area contributed by atoms with Crippen LogP contribution >= 0.6 is 0 Å². The van der Waals surface area contributed by atoms with Crippen molar-refractivity contribution in [2.75, 3.05) is 42.8 Å². The van der Waals surface area contributed by atoms with Gasteiger partial charge in [0.05, 0.1) is 18.0 Å². The summed E-state index contributed by atoms with van der Waals surface area (Å²) in [5.41, 5.74) is 1.86. The molecule has 0 saturated carbocycles. The molecule has 0 aromatic heterocycles. The van der Waals surface area contributed by atoms with Crippen LogP contribution in [0.15, 0.2) is 29.3 Å². The van der Waals surface area contributed by atoms with Gasteiger partial charge in [0.25, 0.3) is 0 Å². The third kappa shape index (κ3) is 5.20. The monoisotopic (exact) mass is 421 g/mol. The lowest BCUT2D eigenvalue weighted by Crippen LogP contribution is -2.45. The van der Waals surface area contributed by atoms with E-state index < -0.39 is 10.0 Å². The van der Waals surface area contributed by atoms with Gasteiger partial charge in [0, 0.05) is 38.6 Å². The van der Waals surface area contributed by atoms with Gasteiger partial charge in [-0.1, -0.05) is 25.1 Å². The summed E-state index contributed by atoms with van der Waals surface area (Å²) in [6, 6.07) is 7.77. The predicted molar refractivity (Wildman–Crippen MR) is 116 cm³/mol. The number of likely N-dealkylation sites (tertiary alicyclic amines) is 1. The lowest BCUT2D eigenvalue weighted by atomic mass is 10.2. The summed E-state index contributed by atoms with van der Waals surface area (Å²) >= 11 is 0. The molecule has 1 amide bonds. The molecule has 160 valence electrons. The van der Waals surface area contributed by atoms with Crippen LogP contribution < -0.4 is 14.9 Å². The van der Waals surface area contributed by atoms with Gasteiger partial charge in [0.15, 0.2) is 5.96 Å². The second-order valence-corrected chi connectivity index (χ2v) is 9.36. The zero-order chi connectivity index (χ0) is 20.9. The fourth-order valence-corrected chi connectivity index (χ4v) is 5.21. The molecule has 8 nitrogen and oxygen atoms in total. The number of aliphatic imine (C=N–C) groups is 1. The molecule has 0 spiro atoms. The van der Waals surface area contributed by atoms with Gasteiger partial charge in [-0.3, -0.25) is 14.1 Å². The number of anilines is 1. The molecule has 9 heteroatoms. The molecule has 1 saturated heterocycles. The van der Waals surface area contributed by atoms with Crippen LogP contribution in [0.5, 0.6) is 0 Å². The molecule has 1 atom stereocenters. The van der Waals surface area contributed by atoms with Crippen LogP contribution in [0.1, 0.15) is 32.3 Å². The summed E-state index contributed by atoms with van der Waals surface area (Å²) in [5, 5.41) is 6.50. The van der Waals surface area contributed by atoms with Crippen molar-refractivity contribution in [2.45, 2.75) is 39.2 Å². The Bertz CT molecular complexity index is 855. The van der Waals surface area contributed by atoms with Crippen LogP contribution in [-0.4, -0.2) is 69.7 Å². The summed E-state index contributed by atoms with van der Waals surface area (Å²) in [4.78, 5) is 18.2. The van der Waals surface area contributed by atoms with Crippen molar-refractivity contribution in [1.29, 1.82) is 0 Å². The zero-order valence-electron chi connectivity index (χ0n) is 17.2. The van der Waals surface area contributed by atoms with E-state index in [-0.39, 0.29) is 24.2 Å². The number of para-hydroxylation sites is 1. The molecule has 1 fully saturated rings. The summed E-state index contributed by atoms with van der Waals surface area (Å²) in [6.07, 6.45) is 2.12. The first-order chi connectivity index (χ1) is 13.9. The first-order valence-corrected chi connectivity index (χ1v) is 12.0. The van der Waals surface area contributed by atoms with Gasteiger partial charge in [0.1, 0.15) is 0 Å². The third-order valence-electron chi connectivity index (χ3n) is 5.33. The molecule has 2 heterocycles. The number of carbonyl (C=O) groups excluding carboxylic acids is 1. The molecule has 29 heavy (non-hydrogen) atoms. The molecule has 0 radical (unpaired) electrons. The number of hydrogen-bond acceptors (Lipinski definition) is 4. The number of amides is 1. The highest BCUT2D eigenvalue weighted by molar-refractivity contribution is 7.92. The van der Waals surface area contributed by atoms with E-state index in [0.29, 0.717) is 32.0 Å². The lowest BCUT2D eigenvalue weighted by molar-refractivity contribution is -0.129. The number of hydrogen-bond donors (Lipinski definition) is 2. The van der Waals surface area contributed by atoms with E-state index in [1.54, 1.807) is 0 Å². The fourth-order valence-electron chi connectivity index (χ4n) is 3.82. The maximum absolute atomic E-state index is 12.8. The molecular weight excluding hydrogens is 390 g/mol. The first kappa shape index (κ1) is 21.4. The smallest absolute Gasteiger partial charge is 0.237 e. The molecule has 2 aliphatic rings. The van der Waals surface area contributed by atoms with Gasteiger partial charge in [-0.05, 0) is 31.4 Å². The number of nitrogens with zero attached hydrogens (tertiary/aromatic N) is 3. The number of nitrogens with one attached hydrogen (secondary N) is 2. The third-order valence-corrected chi connectivity index (χ3v) is 7.08. The summed E-state index contributed by atoms with van der Waals surface area (Å²) < 4.78 is 27.1. The minimum absolute atomic E-state index is 0.0387. The van der Waals surface area contributed by atoms with E-state index in [0.717, 1.165) is 30.6 Å². The van der Waals surface area contributed by atoms with Gasteiger partial charge in [-0.15, -0.1) is 0 Å². The van der Waals surface area contributed by atoms with Crippen molar-refractivity contribution in [2.24, 2.45) is 4.99 Å². The maximum atomic E-state index is 12.8. The van der Waals surface area contributed by atoms with Gasteiger partial charge in [-0.25, -0.2) is 8.42 Å². The van der Waals surface area contributed by atoms with Gasteiger partial charge in [-0.2, -0.15) is 0 Å². The molecular formula is C20H31N5O3S. The molecule has 1 aromatic carbocycles. The topological polar surface area (TPSA) is 94.1 Å². The van der Waals surface area contributed by atoms with Crippen LogP contribution in [0, 0.1) is 0 Å². The van der Waals surface area contributed by atoms with E-state index in [2.05, 4.69) is 15.6 Å². The van der Waals surface area contributed by atoms with Gasteiger partial charge in [0.2, 0.25) is 15.9 Å². The predicted octanol–water partition coefficient (Wildman–Crippen LogP) is 0.945. The number of fused-ring (bicyclic) bond motifs is 1. The Labute approximate surface area is 173 Å². The quantitative estimate of drug-likeness (QED) is 0.505. The number of carbonyl (C=O) groups is 1. The average molecular weight is 422 g/mol. The van der Waals surface area contributed by atoms with E-state index in [9.17, 15) is 13.2 Å². The minimum Gasteiger partial charge on any atom is -0.357 e. The maximum Gasteiger partial charge on any atom is 0.237 e. The largest absolute Gasteiger partial charge is 0.357 e. The Balaban J connectivity index is 1.57. The number of rotatable bonds is 7. The Morgan fingerprint density at radius 3 is 2.79 bits per heavy atom. The van der Waals surface area contributed by atoms with Crippen molar-refractivity contribution in [3.8, 4) is 0 Å². The van der Waals surface area contributed by atoms with Crippen LogP contribution in [0.3, 0.4) is 0 Å². The molecule has 2 aliphatic heterocycles. The van der Waals surface area contributed by atoms with Crippen molar-refractivity contribution in [3.05, 3.63) is 29.8 Å². The average Bonchev–Trinajstić information content (AvgIpc) is 3.34. The number of sulfonamides is 1. The fraction of sp³-hybridized carbons (Fsp3) is 0.600. The second-order valence-electron chi connectivity index (χ2n) is 7.35. The molecule has 0 aliphatic carbocycles. The summed E-state index contributed by atoms with van der Waals surface area (Å²) in [5.74, 6) is 0.719. The van der Waals surface area contributed by atoms with Crippen LogP contribution in [0.4, 0.5) is 5.69 Å². The Morgan fingerprint density at radius 1 is 1.24 bits per heavy atom. The van der Waals surface area contributed by atoms with E-state index in [4.69, 9.17) is 0 Å². The highest BCUT2D eigenvalue weighted by Crippen LogP contribution is 2.29. The molecule has 3 rings (SSSR count). The summed E-state index contributed by atoms with van der Waals surface area (Å²) in [6.45, 7) is 6.59. The summed E-state index contributed by atoms with van der Waals surface area (Å²) in [7, 11) is -3.42. The first-order valence-electron chi connectivity index (χ1n) is 10.4. The number of guanidine groups is 1. The zero-order valence-corrected chi connectivity index (χ0v) is 18.0. The highest BCUT2D eigenvalue weighted by atomic mass is 32.2. The van der Waals surface area contributed by atoms with Crippen molar-refractivity contribution < 1.29 is 13.2 Å². The van der Waals surface area contributed by atoms with E-state index in [1.165, 1.54) is 4.31 Å². The minimum atomic E-state index is -3.42. The highest BCUT2D eigenvalue weighted by Gasteiger charge is 2.29. The van der Waals surface area contributed by atoms with E-state index >= 15 is 0 Å². The Kier molecular flexibility index (Phi) is 7.00. The molecule has 1 aromatic rings. The van der Waals surface area contributed by atoms with Crippen LogP contribution in [0.2, 0.25) is 0 Å². The van der Waals surface area contributed by atoms with Crippen molar-refractivity contribution in [1.82, 2.24) is 15.5 Å². The Hall–Kier alpha value is -2.29. The second kappa shape index (κ2) is 9.47. The Morgan fingerprint density at radius 2 is 2.03 bits per heavy atom. The lowest BCUT2D eigenvalue weighted by Gasteiger charge is -2.20.